The van der Waals surface area contributed by atoms with E-state index in [2.05, 4.69) is 25.1 Å². The predicted octanol–water partition coefficient (Wildman–Crippen LogP) is 6.19. The van der Waals surface area contributed by atoms with E-state index in [0.717, 1.165) is 19.3 Å². The van der Waals surface area contributed by atoms with Gasteiger partial charge in [0.25, 0.3) is 0 Å². The Balaban J connectivity index is 1.60. The molecule has 3 rings (SSSR count). The van der Waals surface area contributed by atoms with E-state index in [1.807, 2.05) is 0 Å². The molecule has 0 N–H and O–H groups in total. The van der Waals surface area contributed by atoms with Gasteiger partial charge >= 0.3 is 5.92 Å². The molecule has 2 nitrogen and oxygen atoms in total. The van der Waals surface area contributed by atoms with E-state index in [9.17, 15) is 18.4 Å². The standard InChI is InChI=1S/C24H32F2O2/c1-3-22(27)24(25,26)23(28)20-13-10-17(15-20)9-12-19-11-8-16(2)14-21(19)18-6-4-5-7-18/h8,11,14,17-18,20H,3-7,9-10,12-13,15H2,1-2H3. The second-order valence-corrected chi connectivity index (χ2v) is 8.81. The average molecular weight is 391 g/mol. The maximum atomic E-state index is 14.0. The molecule has 1 aromatic carbocycles. The molecule has 2 saturated carbocycles. The molecular weight excluding hydrogens is 358 g/mol. The van der Waals surface area contributed by atoms with Crippen LogP contribution < -0.4 is 0 Å². The minimum Gasteiger partial charge on any atom is -0.292 e. The molecule has 2 unspecified atom stereocenters. The van der Waals surface area contributed by atoms with E-state index < -0.39 is 23.4 Å². The van der Waals surface area contributed by atoms with Gasteiger partial charge in [-0.1, -0.05) is 43.5 Å². The number of ketones is 2. The lowest BCUT2D eigenvalue weighted by atomic mass is 9.87. The van der Waals surface area contributed by atoms with Gasteiger partial charge in [-0.2, -0.15) is 8.78 Å². The molecule has 2 atom stereocenters. The molecule has 2 fully saturated rings. The molecule has 1 aromatic rings. The minimum absolute atomic E-state index is 0.291. The Morgan fingerprint density at radius 3 is 2.50 bits per heavy atom. The summed E-state index contributed by atoms with van der Waals surface area (Å²) in [4.78, 5) is 23.6. The second kappa shape index (κ2) is 8.84. The maximum absolute atomic E-state index is 14.0. The van der Waals surface area contributed by atoms with Gasteiger partial charge in [0.05, 0.1) is 0 Å². The summed E-state index contributed by atoms with van der Waals surface area (Å²) < 4.78 is 28.0. The van der Waals surface area contributed by atoms with Crippen LogP contribution in [0.15, 0.2) is 18.2 Å². The lowest BCUT2D eigenvalue weighted by molar-refractivity contribution is -0.159. The smallest absolute Gasteiger partial charge is 0.292 e. The summed E-state index contributed by atoms with van der Waals surface area (Å²) in [6, 6.07) is 6.71. The van der Waals surface area contributed by atoms with E-state index in [1.54, 1.807) is 0 Å². The van der Waals surface area contributed by atoms with Crippen LogP contribution in [0.5, 0.6) is 0 Å². The molecule has 4 heteroatoms. The van der Waals surface area contributed by atoms with Gasteiger partial charge in [-0.05, 0) is 74.8 Å². The molecule has 2 aliphatic carbocycles. The fraction of sp³-hybridized carbons (Fsp3) is 0.667. The van der Waals surface area contributed by atoms with Crippen molar-refractivity contribution in [3.05, 3.63) is 34.9 Å². The van der Waals surface area contributed by atoms with Gasteiger partial charge in [-0.15, -0.1) is 0 Å². The molecule has 28 heavy (non-hydrogen) atoms. The summed E-state index contributed by atoms with van der Waals surface area (Å²) in [6.45, 7) is 3.51. The van der Waals surface area contributed by atoms with Gasteiger partial charge in [0.1, 0.15) is 0 Å². The average Bonchev–Trinajstić information content (AvgIpc) is 3.37. The number of aryl methyl sites for hydroxylation is 2. The first kappa shape index (κ1) is 21.1. The Labute approximate surface area is 167 Å². The third-order valence-corrected chi connectivity index (χ3v) is 6.81. The molecule has 2 aliphatic rings. The number of benzene rings is 1. The Morgan fingerprint density at radius 1 is 1.11 bits per heavy atom. The van der Waals surface area contributed by atoms with Gasteiger partial charge in [-0.25, -0.2) is 0 Å². The zero-order valence-corrected chi connectivity index (χ0v) is 17.1. The van der Waals surface area contributed by atoms with Crippen LogP contribution in [0.1, 0.15) is 87.3 Å². The highest BCUT2D eigenvalue weighted by molar-refractivity contribution is 6.09. The number of carbonyl (C=O) groups is 2. The third-order valence-electron chi connectivity index (χ3n) is 6.81. The highest BCUT2D eigenvalue weighted by atomic mass is 19.3. The van der Waals surface area contributed by atoms with Crippen LogP contribution in [0.4, 0.5) is 8.78 Å². The zero-order chi connectivity index (χ0) is 20.3. The summed E-state index contributed by atoms with van der Waals surface area (Å²) in [5.74, 6) is -5.92. The van der Waals surface area contributed by atoms with Crippen molar-refractivity contribution < 1.29 is 18.4 Å². The third kappa shape index (κ3) is 4.52. The number of Topliss-reactive ketones (excluding diaryl/α,β-unsaturated/α-hetero) is 2. The molecule has 0 bridgehead atoms. The lowest BCUT2D eigenvalue weighted by Gasteiger charge is -2.19. The topological polar surface area (TPSA) is 34.1 Å². The largest absolute Gasteiger partial charge is 0.362 e. The van der Waals surface area contributed by atoms with E-state index in [1.165, 1.54) is 49.3 Å². The first-order valence-corrected chi connectivity index (χ1v) is 10.9. The van der Waals surface area contributed by atoms with Crippen LogP contribution in [-0.4, -0.2) is 17.5 Å². The molecule has 0 amide bonds. The lowest BCUT2D eigenvalue weighted by Crippen LogP contribution is -2.41. The molecular formula is C24H32F2O2. The van der Waals surface area contributed by atoms with Gasteiger partial charge in [0, 0.05) is 12.3 Å². The quantitative estimate of drug-likeness (QED) is 0.496. The van der Waals surface area contributed by atoms with Crippen molar-refractivity contribution in [2.24, 2.45) is 11.8 Å². The Hall–Kier alpha value is -1.58. The fourth-order valence-electron chi connectivity index (χ4n) is 5.11. The summed E-state index contributed by atoms with van der Waals surface area (Å²) in [5, 5.41) is 0. The van der Waals surface area contributed by atoms with Gasteiger partial charge in [0.2, 0.25) is 11.6 Å². The predicted molar refractivity (Wildman–Crippen MR) is 107 cm³/mol. The second-order valence-electron chi connectivity index (χ2n) is 8.81. The van der Waals surface area contributed by atoms with Gasteiger partial charge < -0.3 is 0 Å². The van der Waals surface area contributed by atoms with Crippen molar-refractivity contribution in [1.82, 2.24) is 0 Å². The summed E-state index contributed by atoms with van der Waals surface area (Å²) in [6.07, 6.45) is 8.49. The Bertz CT molecular complexity index is 719. The number of carbonyl (C=O) groups excluding carboxylic acids is 2. The number of halogens is 2. The van der Waals surface area contributed by atoms with Crippen LogP contribution in [0, 0.1) is 18.8 Å². The monoisotopic (exact) mass is 390 g/mol. The number of rotatable bonds is 8. The Morgan fingerprint density at radius 2 is 1.82 bits per heavy atom. The van der Waals surface area contributed by atoms with E-state index in [4.69, 9.17) is 0 Å². The molecule has 0 aromatic heterocycles. The van der Waals surface area contributed by atoms with Gasteiger partial charge in [0.15, 0.2) is 0 Å². The van der Waals surface area contributed by atoms with Crippen molar-refractivity contribution in [2.75, 3.05) is 0 Å². The minimum atomic E-state index is -3.80. The van der Waals surface area contributed by atoms with Crippen LogP contribution in [0.25, 0.3) is 0 Å². The summed E-state index contributed by atoms with van der Waals surface area (Å²) >= 11 is 0. The van der Waals surface area contributed by atoms with E-state index in [-0.39, 0.29) is 6.42 Å². The maximum Gasteiger partial charge on any atom is 0.362 e. The molecule has 0 aliphatic heterocycles. The molecule has 154 valence electrons. The SMILES string of the molecule is CCC(=O)C(F)(F)C(=O)C1CCC(CCc2ccc(C)cc2C2CCCC2)C1. The van der Waals surface area contributed by atoms with E-state index in [0.29, 0.717) is 24.7 Å². The van der Waals surface area contributed by atoms with Crippen molar-refractivity contribution in [1.29, 1.82) is 0 Å². The van der Waals surface area contributed by atoms with Crippen molar-refractivity contribution in [2.45, 2.75) is 89.9 Å². The van der Waals surface area contributed by atoms with Crippen LogP contribution in [-0.2, 0) is 16.0 Å². The highest BCUT2D eigenvalue weighted by Gasteiger charge is 2.49. The normalized spacial score (nSPS) is 23.3. The van der Waals surface area contributed by atoms with Crippen LogP contribution in [0.3, 0.4) is 0 Å². The zero-order valence-electron chi connectivity index (χ0n) is 17.1. The molecule has 0 radical (unpaired) electrons. The fourth-order valence-corrected chi connectivity index (χ4v) is 5.11. The number of hydrogen-bond donors (Lipinski definition) is 0. The molecule has 0 spiro atoms. The van der Waals surface area contributed by atoms with Crippen LogP contribution >= 0.6 is 0 Å². The summed E-state index contributed by atoms with van der Waals surface area (Å²) in [7, 11) is 0. The highest BCUT2D eigenvalue weighted by Crippen LogP contribution is 2.40. The van der Waals surface area contributed by atoms with Crippen molar-refractivity contribution in [3.8, 4) is 0 Å². The summed E-state index contributed by atoms with van der Waals surface area (Å²) in [5.41, 5.74) is 4.15. The van der Waals surface area contributed by atoms with Crippen molar-refractivity contribution >= 4 is 11.6 Å². The van der Waals surface area contributed by atoms with E-state index >= 15 is 0 Å². The number of alkyl halides is 2. The first-order chi connectivity index (χ1) is 13.3. The Kier molecular flexibility index (Phi) is 6.67. The number of hydrogen-bond acceptors (Lipinski definition) is 2. The van der Waals surface area contributed by atoms with Crippen LogP contribution in [0.2, 0.25) is 0 Å². The van der Waals surface area contributed by atoms with Crippen molar-refractivity contribution in [3.63, 3.8) is 0 Å². The molecule has 0 heterocycles. The van der Waals surface area contributed by atoms with Gasteiger partial charge in [-0.3, -0.25) is 9.59 Å². The molecule has 0 saturated heterocycles. The first-order valence-electron chi connectivity index (χ1n) is 10.9.